The van der Waals surface area contributed by atoms with Crippen molar-refractivity contribution in [1.82, 2.24) is 10.9 Å². The van der Waals surface area contributed by atoms with Gasteiger partial charge in [0, 0.05) is 20.9 Å². The second-order valence-electron chi connectivity index (χ2n) is 8.10. The molecule has 0 aliphatic heterocycles. The molecule has 0 heterocycles. The van der Waals surface area contributed by atoms with Crippen molar-refractivity contribution in [2.75, 3.05) is 12.5 Å². The van der Waals surface area contributed by atoms with Gasteiger partial charge in [0.2, 0.25) is 0 Å². The van der Waals surface area contributed by atoms with E-state index in [0.717, 1.165) is 20.9 Å². The third-order valence-corrected chi connectivity index (χ3v) is 6.87. The predicted molar refractivity (Wildman–Crippen MR) is 160 cm³/mol. The average Bonchev–Trinajstić information content (AvgIpc) is 2.98. The van der Waals surface area contributed by atoms with Crippen LogP contribution in [-0.4, -0.2) is 36.8 Å². The van der Waals surface area contributed by atoms with Crippen LogP contribution in [0.1, 0.15) is 31.8 Å². The Kier molecular flexibility index (Phi) is 9.93. The first-order valence-corrected chi connectivity index (χ1v) is 14.3. The molecule has 0 saturated heterocycles. The largest absolute Gasteiger partial charge is 0.457 e. The first-order valence-electron chi connectivity index (χ1n) is 11.9. The number of carbonyl (C=O) groups is 2. The summed E-state index contributed by atoms with van der Waals surface area (Å²) in [5.41, 5.74) is 7.77. The first-order chi connectivity index (χ1) is 19.0. The molecule has 7 nitrogen and oxygen atoms in total. The van der Waals surface area contributed by atoms with Crippen LogP contribution in [0.2, 0.25) is 0 Å². The maximum absolute atomic E-state index is 12.4. The van der Waals surface area contributed by atoms with Gasteiger partial charge in [-0.05, 0) is 96.4 Å². The van der Waals surface area contributed by atoms with Crippen molar-refractivity contribution in [2.24, 2.45) is 10.2 Å². The maximum Gasteiger partial charge on any atom is 0.271 e. The molecule has 0 fully saturated rings. The van der Waals surface area contributed by atoms with Crippen molar-refractivity contribution in [3.05, 3.63) is 119 Å². The Morgan fingerprint density at radius 3 is 1.44 bits per heavy atom. The Hall–Kier alpha value is -4.34. The number of hydrogen-bond donors (Lipinski definition) is 2. The van der Waals surface area contributed by atoms with Crippen LogP contribution in [0.25, 0.3) is 0 Å². The Morgan fingerprint density at radius 1 is 0.641 bits per heavy atom. The lowest BCUT2D eigenvalue weighted by Crippen LogP contribution is -2.17. The highest BCUT2D eigenvalue weighted by atomic mass is 32.2. The van der Waals surface area contributed by atoms with Crippen molar-refractivity contribution < 1.29 is 14.3 Å². The number of rotatable bonds is 10. The van der Waals surface area contributed by atoms with Crippen LogP contribution < -0.4 is 15.6 Å². The van der Waals surface area contributed by atoms with Gasteiger partial charge in [0.1, 0.15) is 11.5 Å². The van der Waals surface area contributed by atoms with E-state index in [2.05, 4.69) is 21.1 Å². The summed E-state index contributed by atoms with van der Waals surface area (Å²) in [7, 11) is 0. The van der Waals surface area contributed by atoms with Gasteiger partial charge < -0.3 is 4.74 Å². The molecule has 9 heteroatoms. The monoisotopic (exact) mass is 554 g/mol. The Morgan fingerprint density at radius 2 is 1.05 bits per heavy atom. The lowest BCUT2D eigenvalue weighted by Gasteiger charge is -2.07. The summed E-state index contributed by atoms with van der Waals surface area (Å²) >= 11 is 3.28. The molecular formula is C30H26N4O3S2. The lowest BCUT2D eigenvalue weighted by atomic mass is 10.2. The minimum absolute atomic E-state index is 0.325. The van der Waals surface area contributed by atoms with E-state index in [9.17, 15) is 9.59 Å². The summed E-state index contributed by atoms with van der Waals surface area (Å²) < 4.78 is 5.84. The number of amides is 2. The molecule has 0 spiro atoms. The van der Waals surface area contributed by atoms with E-state index in [1.807, 2.05) is 61.0 Å². The quantitative estimate of drug-likeness (QED) is 0.134. The molecule has 2 N–H and O–H groups in total. The van der Waals surface area contributed by atoms with E-state index in [-0.39, 0.29) is 11.8 Å². The van der Waals surface area contributed by atoms with Crippen LogP contribution in [0.3, 0.4) is 0 Å². The van der Waals surface area contributed by atoms with Crippen LogP contribution in [0.5, 0.6) is 11.5 Å². The van der Waals surface area contributed by atoms with Crippen LogP contribution >= 0.6 is 23.5 Å². The molecule has 0 aliphatic rings. The molecule has 4 aromatic rings. The van der Waals surface area contributed by atoms with E-state index < -0.39 is 0 Å². The van der Waals surface area contributed by atoms with Gasteiger partial charge in [-0.2, -0.15) is 10.2 Å². The summed E-state index contributed by atoms with van der Waals surface area (Å²) in [5.74, 6) is 0.457. The molecule has 0 aromatic heterocycles. The fourth-order valence-electron chi connectivity index (χ4n) is 3.39. The third kappa shape index (κ3) is 8.33. The van der Waals surface area contributed by atoms with Crippen molar-refractivity contribution in [3.8, 4) is 11.5 Å². The Balaban J connectivity index is 1.27. The zero-order valence-electron chi connectivity index (χ0n) is 21.3. The second kappa shape index (κ2) is 14.0. The van der Waals surface area contributed by atoms with Crippen LogP contribution in [0.4, 0.5) is 0 Å². The molecule has 0 unspecified atom stereocenters. The molecule has 0 bridgehead atoms. The second-order valence-corrected chi connectivity index (χ2v) is 9.86. The highest BCUT2D eigenvalue weighted by molar-refractivity contribution is 7.98. The predicted octanol–water partition coefficient (Wildman–Crippen LogP) is 6.45. The Labute approximate surface area is 235 Å². The zero-order valence-corrected chi connectivity index (χ0v) is 23.0. The van der Waals surface area contributed by atoms with Crippen LogP contribution in [0.15, 0.2) is 117 Å². The molecule has 0 atom stereocenters. The molecule has 39 heavy (non-hydrogen) atoms. The van der Waals surface area contributed by atoms with Crippen LogP contribution in [-0.2, 0) is 0 Å². The lowest BCUT2D eigenvalue weighted by molar-refractivity contribution is 0.0947. The van der Waals surface area contributed by atoms with Gasteiger partial charge in [0.05, 0.1) is 12.4 Å². The highest BCUT2D eigenvalue weighted by Gasteiger charge is 2.07. The number of hydrogen-bond acceptors (Lipinski definition) is 7. The summed E-state index contributed by atoms with van der Waals surface area (Å²) in [5, 5.41) is 8.08. The Bertz CT molecular complexity index is 1370. The summed E-state index contributed by atoms with van der Waals surface area (Å²) in [6.07, 6.45) is 7.22. The first kappa shape index (κ1) is 27.7. The molecule has 4 rings (SSSR count). The smallest absolute Gasteiger partial charge is 0.271 e. The summed E-state index contributed by atoms with van der Waals surface area (Å²) in [4.78, 5) is 27.0. The zero-order chi connectivity index (χ0) is 27.5. The average molecular weight is 555 g/mol. The van der Waals surface area contributed by atoms with Gasteiger partial charge in [-0.25, -0.2) is 10.9 Å². The van der Waals surface area contributed by atoms with Crippen LogP contribution in [0, 0.1) is 0 Å². The summed E-state index contributed by atoms with van der Waals surface area (Å²) in [6.45, 7) is 0. The van der Waals surface area contributed by atoms with E-state index in [4.69, 9.17) is 4.74 Å². The molecule has 196 valence electrons. The molecule has 0 radical (unpaired) electrons. The number of nitrogens with one attached hydrogen (secondary N) is 2. The van der Waals surface area contributed by atoms with Gasteiger partial charge in [-0.15, -0.1) is 23.5 Å². The molecule has 2 amide bonds. The van der Waals surface area contributed by atoms with Gasteiger partial charge in [-0.3, -0.25) is 9.59 Å². The number of nitrogens with zero attached hydrogens (tertiary/aromatic N) is 2. The van der Waals surface area contributed by atoms with E-state index in [1.165, 1.54) is 0 Å². The van der Waals surface area contributed by atoms with E-state index in [1.54, 1.807) is 84.5 Å². The number of benzene rings is 4. The molecule has 0 saturated carbocycles. The van der Waals surface area contributed by atoms with Crippen molar-refractivity contribution >= 4 is 47.8 Å². The minimum atomic E-state index is -0.325. The van der Waals surface area contributed by atoms with Gasteiger partial charge >= 0.3 is 0 Å². The molecular weight excluding hydrogens is 528 g/mol. The van der Waals surface area contributed by atoms with Gasteiger partial charge in [0.15, 0.2) is 0 Å². The fraction of sp³-hybridized carbons (Fsp3) is 0.0667. The van der Waals surface area contributed by atoms with Gasteiger partial charge in [-0.1, -0.05) is 24.3 Å². The SMILES string of the molecule is CSc1cccc(/C=N/NC(=O)c2ccc(Oc3ccc(C(=O)N/N=C/c4cccc(SC)c4)cc3)cc2)c1. The van der Waals surface area contributed by atoms with Crippen molar-refractivity contribution in [1.29, 1.82) is 0 Å². The van der Waals surface area contributed by atoms with Crippen molar-refractivity contribution in [3.63, 3.8) is 0 Å². The highest BCUT2D eigenvalue weighted by Crippen LogP contribution is 2.22. The maximum atomic E-state index is 12.4. The number of thioether (sulfide) groups is 2. The minimum Gasteiger partial charge on any atom is -0.457 e. The number of carbonyl (C=O) groups excluding carboxylic acids is 2. The van der Waals surface area contributed by atoms with E-state index in [0.29, 0.717) is 22.6 Å². The number of ether oxygens (including phenoxy) is 1. The fourth-order valence-corrected chi connectivity index (χ4v) is 4.33. The standard InChI is InChI=1S/C30H26N4O3S2/c1-38-27-7-3-5-21(17-27)19-31-33-29(35)23-9-13-25(14-10-23)37-26-15-11-24(12-16-26)30(36)34-32-20-22-6-4-8-28(18-22)39-2/h3-20H,1-2H3,(H,33,35)(H,34,36)/b31-19+,32-20+. The normalized spacial score (nSPS) is 11.0. The molecule has 0 aliphatic carbocycles. The third-order valence-electron chi connectivity index (χ3n) is 5.42. The summed E-state index contributed by atoms with van der Waals surface area (Å²) in [6, 6.07) is 29.1. The number of hydrazone groups is 2. The van der Waals surface area contributed by atoms with E-state index >= 15 is 0 Å². The topological polar surface area (TPSA) is 92.1 Å². The molecule has 4 aromatic carbocycles. The van der Waals surface area contributed by atoms with Crippen molar-refractivity contribution in [2.45, 2.75) is 9.79 Å². The van der Waals surface area contributed by atoms with Gasteiger partial charge in [0.25, 0.3) is 11.8 Å².